The van der Waals surface area contributed by atoms with E-state index >= 15 is 0 Å². The molecular weight excluding hydrogens is 260 g/mol. The standard InChI is InChI=1S/C15H22O3S/c1-12(2)13-7-9-14(10-8-13)19(18)11-5-3-4-6-15(16)17/h7-10,12H,3-6,11H2,1-2H3,(H,16,17). The highest BCUT2D eigenvalue weighted by Gasteiger charge is 2.05. The van der Waals surface area contributed by atoms with Crippen LogP contribution in [0.1, 0.15) is 51.0 Å². The SMILES string of the molecule is CC(C)c1ccc(S(=O)CCCCCC(=O)O)cc1. The molecule has 0 aliphatic carbocycles. The molecule has 0 saturated carbocycles. The van der Waals surface area contributed by atoms with Crippen molar-refractivity contribution in [2.75, 3.05) is 5.75 Å². The van der Waals surface area contributed by atoms with Gasteiger partial charge in [-0.3, -0.25) is 9.00 Å². The van der Waals surface area contributed by atoms with Crippen LogP contribution in [0, 0.1) is 0 Å². The van der Waals surface area contributed by atoms with Crippen LogP contribution >= 0.6 is 0 Å². The second-order valence-corrected chi connectivity index (χ2v) is 6.55. The van der Waals surface area contributed by atoms with Crippen molar-refractivity contribution in [3.63, 3.8) is 0 Å². The Balaban J connectivity index is 2.35. The summed E-state index contributed by atoms with van der Waals surface area (Å²) >= 11 is 0. The lowest BCUT2D eigenvalue weighted by atomic mass is 10.0. The second-order valence-electron chi connectivity index (χ2n) is 4.98. The summed E-state index contributed by atoms with van der Waals surface area (Å²) in [6, 6.07) is 7.93. The van der Waals surface area contributed by atoms with Crippen LogP contribution in [0.5, 0.6) is 0 Å². The Hall–Kier alpha value is -1.16. The minimum atomic E-state index is -0.967. The molecule has 19 heavy (non-hydrogen) atoms. The number of benzene rings is 1. The molecule has 3 nitrogen and oxygen atoms in total. The van der Waals surface area contributed by atoms with E-state index in [4.69, 9.17) is 5.11 Å². The molecule has 1 rings (SSSR count). The van der Waals surface area contributed by atoms with Gasteiger partial charge in [0, 0.05) is 17.1 Å². The highest BCUT2D eigenvalue weighted by molar-refractivity contribution is 7.85. The minimum absolute atomic E-state index is 0.204. The van der Waals surface area contributed by atoms with Crippen LogP contribution in [0.2, 0.25) is 0 Å². The summed E-state index contributed by atoms with van der Waals surface area (Å²) in [7, 11) is -0.967. The van der Waals surface area contributed by atoms with E-state index in [1.807, 2.05) is 24.3 Å². The van der Waals surface area contributed by atoms with Crippen molar-refractivity contribution in [1.29, 1.82) is 0 Å². The predicted octanol–water partition coefficient (Wildman–Crippen LogP) is 3.56. The van der Waals surface area contributed by atoms with Crippen molar-refractivity contribution >= 4 is 16.8 Å². The van der Waals surface area contributed by atoms with Gasteiger partial charge in [0.25, 0.3) is 0 Å². The lowest BCUT2D eigenvalue weighted by molar-refractivity contribution is -0.137. The summed E-state index contributed by atoms with van der Waals surface area (Å²) in [5, 5.41) is 8.51. The fourth-order valence-electron chi connectivity index (χ4n) is 1.81. The van der Waals surface area contributed by atoms with Crippen molar-refractivity contribution in [2.45, 2.75) is 50.3 Å². The Morgan fingerprint density at radius 2 is 1.79 bits per heavy atom. The van der Waals surface area contributed by atoms with Crippen molar-refractivity contribution in [2.24, 2.45) is 0 Å². The van der Waals surface area contributed by atoms with Crippen LogP contribution in [-0.4, -0.2) is 21.0 Å². The van der Waals surface area contributed by atoms with E-state index in [0.717, 1.165) is 17.7 Å². The number of aliphatic carboxylic acids is 1. The first-order valence-corrected chi connectivity index (χ1v) is 8.02. The lowest BCUT2D eigenvalue weighted by Gasteiger charge is -2.07. The molecule has 0 bridgehead atoms. The topological polar surface area (TPSA) is 54.4 Å². The molecule has 0 spiro atoms. The van der Waals surface area contributed by atoms with Crippen molar-refractivity contribution < 1.29 is 14.1 Å². The zero-order valence-electron chi connectivity index (χ0n) is 11.6. The summed E-state index contributed by atoms with van der Waals surface area (Å²) in [4.78, 5) is 11.2. The van der Waals surface area contributed by atoms with E-state index in [1.54, 1.807) is 0 Å². The van der Waals surface area contributed by atoms with E-state index in [-0.39, 0.29) is 6.42 Å². The highest BCUT2D eigenvalue weighted by atomic mass is 32.2. The molecule has 0 amide bonds. The molecule has 0 saturated heterocycles. The average Bonchev–Trinajstić information content (AvgIpc) is 2.37. The Morgan fingerprint density at radius 1 is 1.16 bits per heavy atom. The summed E-state index contributed by atoms with van der Waals surface area (Å²) in [5.41, 5.74) is 1.25. The number of carbonyl (C=O) groups is 1. The van der Waals surface area contributed by atoms with Crippen LogP contribution in [-0.2, 0) is 15.6 Å². The third-order valence-corrected chi connectivity index (χ3v) is 4.49. The van der Waals surface area contributed by atoms with Crippen LogP contribution in [0.15, 0.2) is 29.2 Å². The first-order chi connectivity index (χ1) is 9.00. The van der Waals surface area contributed by atoms with Gasteiger partial charge in [0.1, 0.15) is 0 Å². The molecule has 0 aliphatic rings. The van der Waals surface area contributed by atoms with E-state index in [1.165, 1.54) is 5.56 Å². The summed E-state index contributed by atoms with van der Waals surface area (Å²) < 4.78 is 12.0. The van der Waals surface area contributed by atoms with Crippen LogP contribution in [0.25, 0.3) is 0 Å². The third-order valence-electron chi connectivity index (χ3n) is 3.03. The molecule has 0 fully saturated rings. The van der Waals surface area contributed by atoms with Gasteiger partial charge in [-0.05, 0) is 36.5 Å². The van der Waals surface area contributed by atoms with E-state index in [9.17, 15) is 9.00 Å². The molecule has 4 heteroatoms. The van der Waals surface area contributed by atoms with Gasteiger partial charge >= 0.3 is 5.97 Å². The van der Waals surface area contributed by atoms with Gasteiger partial charge in [0.2, 0.25) is 0 Å². The first kappa shape index (κ1) is 15.9. The monoisotopic (exact) mass is 282 g/mol. The number of carboxylic acids is 1. The van der Waals surface area contributed by atoms with Crippen LogP contribution in [0.3, 0.4) is 0 Å². The Bertz CT molecular complexity index is 424. The van der Waals surface area contributed by atoms with E-state index in [0.29, 0.717) is 18.1 Å². The van der Waals surface area contributed by atoms with Crippen LogP contribution < -0.4 is 0 Å². The molecule has 1 aromatic rings. The number of carboxylic acid groups (broad SMARTS) is 1. The zero-order valence-corrected chi connectivity index (χ0v) is 12.4. The molecule has 0 radical (unpaired) electrons. The van der Waals surface area contributed by atoms with Gasteiger partial charge in [-0.15, -0.1) is 0 Å². The van der Waals surface area contributed by atoms with Gasteiger partial charge in [-0.25, -0.2) is 0 Å². The molecule has 0 heterocycles. The van der Waals surface area contributed by atoms with Crippen LogP contribution in [0.4, 0.5) is 0 Å². The van der Waals surface area contributed by atoms with Crippen molar-refractivity contribution in [3.05, 3.63) is 29.8 Å². The zero-order chi connectivity index (χ0) is 14.3. The predicted molar refractivity (Wildman–Crippen MR) is 77.9 cm³/mol. The quantitative estimate of drug-likeness (QED) is 0.742. The van der Waals surface area contributed by atoms with Gasteiger partial charge < -0.3 is 5.11 Å². The minimum Gasteiger partial charge on any atom is -0.481 e. The molecule has 0 aromatic heterocycles. The highest BCUT2D eigenvalue weighted by Crippen LogP contribution is 2.17. The first-order valence-electron chi connectivity index (χ1n) is 6.71. The Morgan fingerprint density at radius 3 is 2.32 bits per heavy atom. The average molecular weight is 282 g/mol. The van der Waals surface area contributed by atoms with Gasteiger partial charge in [-0.1, -0.05) is 32.4 Å². The molecular formula is C15H22O3S. The molecule has 1 atom stereocenters. The maximum Gasteiger partial charge on any atom is 0.303 e. The lowest BCUT2D eigenvalue weighted by Crippen LogP contribution is -2.00. The second kappa shape index (κ2) is 8.10. The number of hydrogen-bond donors (Lipinski definition) is 1. The molecule has 1 N–H and O–H groups in total. The third kappa shape index (κ3) is 6.01. The maximum atomic E-state index is 12.0. The smallest absolute Gasteiger partial charge is 0.303 e. The molecule has 0 aliphatic heterocycles. The van der Waals surface area contributed by atoms with Crippen molar-refractivity contribution in [1.82, 2.24) is 0 Å². The van der Waals surface area contributed by atoms with Crippen molar-refractivity contribution in [3.8, 4) is 0 Å². The number of unbranched alkanes of at least 4 members (excludes halogenated alkanes) is 2. The molecule has 1 unspecified atom stereocenters. The number of rotatable bonds is 8. The molecule has 106 valence electrons. The Kier molecular flexibility index (Phi) is 6.78. The summed E-state index contributed by atoms with van der Waals surface area (Å²) in [6.45, 7) is 4.27. The largest absolute Gasteiger partial charge is 0.481 e. The summed E-state index contributed by atoms with van der Waals surface area (Å²) in [5.74, 6) is 0.338. The van der Waals surface area contributed by atoms with E-state index in [2.05, 4.69) is 13.8 Å². The summed E-state index contributed by atoms with van der Waals surface area (Å²) in [6.07, 6.45) is 2.50. The molecule has 1 aromatic carbocycles. The fraction of sp³-hybridized carbons (Fsp3) is 0.533. The number of hydrogen-bond acceptors (Lipinski definition) is 2. The normalized spacial score (nSPS) is 12.6. The van der Waals surface area contributed by atoms with Gasteiger partial charge in [0.15, 0.2) is 0 Å². The fourth-order valence-corrected chi connectivity index (χ4v) is 2.95. The Labute approximate surface area is 117 Å². The van der Waals surface area contributed by atoms with Gasteiger partial charge in [0.05, 0.1) is 10.8 Å². The maximum absolute atomic E-state index is 12.0. The van der Waals surface area contributed by atoms with Gasteiger partial charge in [-0.2, -0.15) is 0 Å². The van der Waals surface area contributed by atoms with E-state index < -0.39 is 16.8 Å².